The van der Waals surface area contributed by atoms with Crippen molar-refractivity contribution in [3.05, 3.63) is 46.4 Å². The molecular weight excluding hydrogens is 394 g/mol. The Morgan fingerprint density at radius 2 is 1.71 bits per heavy atom. The first-order chi connectivity index (χ1) is 11.4. The van der Waals surface area contributed by atoms with Crippen LogP contribution in [0.5, 0.6) is 11.5 Å². The number of hydrogen-bond acceptors (Lipinski definition) is 4. The Labute approximate surface area is 153 Å². The van der Waals surface area contributed by atoms with E-state index in [1.54, 1.807) is 44.6 Å². The highest BCUT2D eigenvalue weighted by atomic mass is 79.9. The number of amides is 1. The smallest absolute Gasteiger partial charge is 0.248 e. The molecule has 0 aliphatic carbocycles. The lowest BCUT2D eigenvalue weighted by Crippen LogP contribution is -2.19. The van der Waals surface area contributed by atoms with Crippen LogP contribution in [0, 0.1) is 0 Å². The van der Waals surface area contributed by atoms with Crippen molar-refractivity contribution >= 4 is 50.5 Å². The number of halogens is 1. The van der Waals surface area contributed by atoms with Crippen molar-refractivity contribution in [1.82, 2.24) is 0 Å². The summed E-state index contributed by atoms with van der Waals surface area (Å²) in [6.45, 7) is 0. The van der Waals surface area contributed by atoms with Crippen LogP contribution in [0.3, 0.4) is 0 Å². The van der Waals surface area contributed by atoms with E-state index in [1.807, 2.05) is 6.07 Å². The lowest BCUT2D eigenvalue weighted by atomic mass is 10.2. The summed E-state index contributed by atoms with van der Waals surface area (Å²) in [6, 6.07) is 10.2. The van der Waals surface area contributed by atoms with Crippen LogP contribution >= 0.6 is 28.1 Å². The summed E-state index contributed by atoms with van der Waals surface area (Å²) >= 11 is 8.72. The molecule has 0 aromatic heterocycles. The maximum absolute atomic E-state index is 11.1. The van der Waals surface area contributed by atoms with Gasteiger partial charge in [-0.25, -0.2) is 0 Å². The molecule has 0 unspecified atom stereocenters. The van der Waals surface area contributed by atoms with Gasteiger partial charge >= 0.3 is 0 Å². The van der Waals surface area contributed by atoms with Crippen molar-refractivity contribution in [3.63, 3.8) is 0 Å². The Bertz CT molecular complexity index is 766. The van der Waals surface area contributed by atoms with E-state index in [0.29, 0.717) is 27.9 Å². The Balaban J connectivity index is 2.12. The molecule has 0 spiro atoms. The number of hydrogen-bond donors (Lipinski definition) is 3. The normalized spacial score (nSPS) is 9.96. The molecular formula is C16H16BrN3O3S. The van der Waals surface area contributed by atoms with E-state index >= 15 is 0 Å². The summed E-state index contributed by atoms with van der Waals surface area (Å²) in [4.78, 5) is 11.1. The van der Waals surface area contributed by atoms with Crippen LogP contribution in [0.15, 0.2) is 40.9 Å². The first kappa shape index (κ1) is 18.0. The van der Waals surface area contributed by atoms with Gasteiger partial charge in [0, 0.05) is 17.3 Å². The van der Waals surface area contributed by atoms with Crippen LogP contribution in [0.4, 0.5) is 11.4 Å². The third-order valence-corrected chi connectivity index (χ3v) is 3.97. The van der Waals surface area contributed by atoms with Crippen molar-refractivity contribution in [2.75, 3.05) is 24.9 Å². The summed E-state index contributed by atoms with van der Waals surface area (Å²) < 4.78 is 11.3. The number of benzene rings is 2. The molecule has 0 bridgehead atoms. The van der Waals surface area contributed by atoms with Crippen molar-refractivity contribution in [1.29, 1.82) is 0 Å². The fourth-order valence-corrected chi connectivity index (χ4v) is 2.69. The van der Waals surface area contributed by atoms with Crippen molar-refractivity contribution in [2.24, 2.45) is 5.73 Å². The van der Waals surface area contributed by atoms with Gasteiger partial charge in [-0.05, 0) is 58.5 Å². The topological polar surface area (TPSA) is 85.6 Å². The molecule has 0 radical (unpaired) electrons. The number of ether oxygens (including phenoxy) is 2. The van der Waals surface area contributed by atoms with Crippen LogP contribution in [0.2, 0.25) is 0 Å². The molecule has 0 fully saturated rings. The van der Waals surface area contributed by atoms with Gasteiger partial charge in [-0.1, -0.05) is 0 Å². The fraction of sp³-hybridized carbons (Fsp3) is 0.125. The van der Waals surface area contributed by atoms with E-state index in [1.165, 1.54) is 0 Å². The number of methoxy groups -OCH3 is 2. The molecule has 2 aromatic rings. The molecule has 0 aliphatic heterocycles. The molecule has 1 amide bonds. The van der Waals surface area contributed by atoms with E-state index in [9.17, 15) is 4.79 Å². The van der Waals surface area contributed by atoms with Crippen molar-refractivity contribution in [2.45, 2.75) is 0 Å². The molecule has 0 heterocycles. The van der Waals surface area contributed by atoms with Crippen LogP contribution in [-0.4, -0.2) is 25.2 Å². The first-order valence-corrected chi connectivity index (χ1v) is 8.04. The zero-order chi connectivity index (χ0) is 17.7. The average Bonchev–Trinajstić information content (AvgIpc) is 2.55. The zero-order valence-corrected chi connectivity index (χ0v) is 15.5. The Kier molecular flexibility index (Phi) is 5.99. The van der Waals surface area contributed by atoms with Crippen molar-refractivity contribution in [3.8, 4) is 11.5 Å². The monoisotopic (exact) mass is 409 g/mol. The minimum Gasteiger partial charge on any atom is -0.495 e. The van der Waals surface area contributed by atoms with E-state index in [-0.39, 0.29) is 0 Å². The number of nitrogens with two attached hydrogens (primary N) is 1. The number of carbonyl (C=O) groups is 1. The lowest BCUT2D eigenvalue weighted by molar-refractivity contribution is 0.100. The van der Waals surface area contributed by atoms with E-state index in [4.69, 9.17) is 27.4 Å². The Morgan fingerprint density at radius 1 is 1.08 bits per heavy atom. The Hall–Kier alpha value is -2.32. The number of rotatable bonds is 5. The van der Waals surface area contributed by atoms with Gasteiger partial charge in [0.25, 0.3) is 0 Å². The minimum atomic E-state index is -0.477. The summed E-state index contributed by atoms with van der Waals surface area (Å²) in [5, 5.41) is 6.45. The van der Waals surface area contributed by atoms with Crippen LogP contribution in [0.1, 0.15) is 10.4 Å². The molecule has 8 heteroatoms. The number of carbonyl (C=O) groups excluding carboxylic acids is 1. The second-order valence-electron chi connectivity index (χ2n) is 4.71. The maximum Gasteiger partial charge on any atom is 0.248 e. The quantitative estimate of drug-likeness (QED) is 0.656. The summed E-state index contributed by atoms with van der Waals surface area (Å²) in [6.07, 6.45) is 0. The van der Waals surface area contributed by atoms with E-state index < -0.39 is 5.91 Å². The predicted molar refractivity (Wildman–Crippen MR) is 102 cm³/mol. The van der Waals surface area contributed by atoms with Gasteiger partial charge in [-0.2, -0.15) is 0 Å². The lowest BCUT2D eigenvalue weighted by Gasteiger charge is -2.15. The highest BCUT2D eigenvalue weighted by Crippen LogP contribution is 2.36. The van der Waals surface area contributed by atoms with Gasteiger partial charge in [0.1, 0.15) is 11.5 Å². The largest absolute Gasteiger partial charge is 0.495 e. The van der Waals surface area contributed by atoms with Crippen molar-refractivity contribution < 1.29 is 14.3 Å². The Morgan fingerprint density at radius 3 is 2.25 bits per heavy atom. The summed E-state index contributed by atoms with van der Waals surface area (Å²) in [5.74, 6) is 0.761. The van der Waals surface area contributed by atoms with Gasteiger partial charge in [0.2, 0.25) is 5.91 Å². The standard InChI is InChI=1S/C16H16BrN3O3S/c1-22-13-8-14(23-2)12(7-11(13)17)20-16(24)19-10-5-3-9(4-6-10)15(18)21/h3-8H,1-2H3,(H2,18,21)(H2,19,20,24). The van der Waals surface area contributed by atoms with Gasteiger partial charge in [0.05, 0.1) is 24.4 Å². The molecule has 24 heavy (non-hydrogen) atoms. The predicted octanol–water partition coefficient (Wildman–Crippen LogP) is 3.37. The molecule has 2 aromatic carbocycles. The van der Waals surface area contributed by atoms with Gasteiger partial charge in [0.15, 0.2) is 5.11 Å². The van der Waals surface area contributed by atoms with Crippen LogP contribution in [0.25, 0.3) is 0 Å². The third kappa shape index (κ3) is 4.36. The second kappa shape index (κ2) is 7.98. The molecule has 0 aliphatic rings. The highest BCUT2D eigenvalue weighted by molar-refractivity contribution is 9.10. The SMILES string of the molecule is COc1cc(OC)c(NC(=S)Nc2ccc(C(N)=O)cc2)cc1Br. The van der Waals surface area contributed by atoms with Gasteiger partial charge in [-0.15, -0.1) is 0 Å². The average molecular weight is 410 g/mol. The first-order valence-electron chi connectivity index (χ1n) is 6.84. The maximum atomic E-state index is 11.1. The molecule has 0 atom stereocenters. The zero-order valence-electron chi connectivity index (χ0n) is 13.1. The summed E-state index contributed by atoms with van der Waals surface area (Å²) in [5.41, 5.74) is 7.04. The van der Waals surface area contributed by atoms with Crippen LogP contribution in [-0.2, 0) is 0 Å². The van der Waals surface area contributed by atoms with E-state index in [0.717, 1.165) is 10.2 Å². The van der Waals surface area contributed by atoms with Crippen LogP contribution < -0.4 is 25.8 Å². The van der Waals surface area contributed by atoms with E-state index in [2.05, 4.69) is 26.6 Å². The highest BCUT2D eigenvalue weighted by Gasteiger charge is 2.11. The number of nitrogens with one attached hydrogen (secondary N) is 2. The third-order valence-electron chi connectivity index (χ3n) is 3.15. The van der Waals surface area contributed by atoms with Gasteiger partial charge < -0.3 is 25.8 Å². The molecule has 2 rings (SSSR count). The molecule has 0 saturated heterocycles. The van der Waals surface area contributed by atoms with Gasteiger partial charge in [-0.3, -0.25) is 4.79 Å². The molecule has 0 saturated carbocycles. The minimum absolute atomic E-state index is 0.372. The number of anilines is 2. The summed E-state index contributed by atoms with van der Waals surface area (Å²) in [7, 11) is 3.14. The number of thiocarbonyl (C=S) groups is 1. The molecule has 6 nitrogen and oxygen atoms in total. The fourth-order valence-electron chi connectivity index (χ4n) is 1.96. The molecule has 126 valence electrons. The second-order valence-corrected chi connectivity index (χ2v) is 5.97. The number of primary amides is 1. The molecule has 4 N–H and O–H groups in total.